The van der Waals surface area contributed by atoms with Gasteiger partial charge in [0.2, 0.25) is 5.91 Å². The van der Waals surface area contributed by atoms with Crippen LogP contribution < -0.4 is 5.32 Å². The number of thioether (sulfide) groups is 1. The van der Waals surface area contributed by atoms with E-state index in [1.165, 1.54) is 29.5 Å². The van der Waals surface area contributed by atoms with E-state index >= 15 is 0 Å². The van der Waals surface area contributed by atoms with Crippen LogP contribution in [0.2, 0.25) is 0 Å². The van der Waals surface area contributed by atoms with Crippen molar-refractivity contribution in [3.05, 3.63) is 94.0 Å². The number of hydrogen-bond donors (Lipinski definition) is 2. The first-order valence-electron chi connectivity index (χ1n) is 9.26. The molecule has 0 spiro atoms. The summed E-state index contributed by atoms with van der Waals surface area (Å²) in [5.74, 6) is 0.0217. The number of hydrogen-bond acceptors (Lipinski definition) is 5. The predicted molar refractivity (Wildman–Crippen MR) is 118 cm³/mol. The standard InChI is InChI=1S/C22H18N4O3S/c27-21(14-30-22-24-19-10-9-18(26(28)29)13-20(19)25-22)23-17-8-4-7-16(12-17)11-15-5-2-1-3-6-15/h1-10,12-13H,11,14H2,(H,23,27)(H,24,25). The molecule has 0 radical (unpaired) electrons. The number of nitrogens with zero attached hydrogens (tertiary/aromatic N) is 2. The minimum Gasteiger partial charge on any atom is -0.333 e. The van der Waals surface area contributed by atoms with Crippen LogP contribution in [0.3, 0.4) is 0 Å². The monoisotopic (exact) mass is 418 g/mol. The number of anilines is 1. The Morgan fingerprint density at radius 1 is 1.03 bits per heavy atom. The number of benzene rings is 3. The quantitative estimate of drug-likeness (QED) is 0.255. The van der Waals surface area contributed by atoms with Gasteiger partial charge in [0.15, 0.2) is 5.16 Å². The van der Waals surface area contributed by atoms with Crippen LogP contribution in [0.5, 0.6) is 0 Å². The molecule has 4 aromatic rings. The topological polar surface area (TPSA) is 101 Å². The first-order chi connectivity index (χ1) is 14.6. The van der Waals surface area contributed by atoms with Crippen molar-refractivity contribution in [3.63, 3.8) is 0 Å². The zero-order chi connectivity index (χ0) is 20.9. The summed E-state index contributed by atoms with van der Waals surface area (Å²) in [5, 5.41) is 14.3. The molecule has 8 heteroatoms. The van der Waals surface area contributed by atoms with Crippen LogP contribution in [0.25, 0.3) is 11.0 Å². The number of fused-ring (bicyclic) bond motifs is 1. The average molecular weight is 418 g/mol. The fourth-order valence-corrected chi connectivity index (χ4v) is 3.76. The number of nitrogens with one attached hydrogen (secondary N) is 2. The summed E-state index contributed by atoms with van der Waals surface area (Å²) < 4.78 is 0. The van der Waals surface area contributed by atoms with Crippen molar-refractivity contribution in [1.82, 2.24) is 9.97 Å². The first kappa shape index (κ1) is 19.7. The van der Waals surface area contributed by atoms with E-state index in [0.29, 0.717) is 16.2 Å². The van der Waals surface area contributed by atoms with Gasteiger partial charge in [0.1, 0.15) is 0 Å². The number of nitro groups is 1. The summed E-state index contributed by atoms with van der Waals surface area (Å²) in [6.45, 7) is 0. The Hall–Kier alpha value is -3.65. The molecule has 1 amide bonds. The van der Waals surface area contributed by atoms with Gasteiger partial charge in [-0.1, -0.05) is 54.2 Å². The summed E-state index contributed by atoms with van der Waals surface area (Å²) >= 11 is 1.25. The molecule has 0 fully saturated rings. The van der Waals surface area contributed by atoms with Crippen molar-refractivity contribution in [2.75, 3.05) is 11.1 Å². The highest BCUT2D eigenvalue weighted by Crippen LogP contribution is 2.23. The molecule has 0 aliphatic heterocycles. The van der Waals surface area contributed by atoms with Crippen molar-refractivity contribution < 1.29 is 9.72 Å². The second kappa shape index (κ2) is 8.79. The molecule has 1 heterocycles. The van der Waals surface area contributed by atoms with Gasteiger partial charge in [-0.25, -0.2) is 4.98 Å². The van der Waals surface area contributed by atoms with E-state index in [1.54, 1.807) is 6.07 Å². The molecule has 0 saturated carbocycles. The van der Waals surface area contributed by atoms with Crippen molar-refractivity contribution >= 4 is 40.1 Å². The number of H-pyrrole nitrogens is 1. The summed E-state index contributed by atoms with van der Waals surface area (Å²) in [6.07, 6.45) is 0.796. The Bertz CT molecular complexity index is 1210. The van der Waals surface area contributed by atoms with Crippen LogP contribution in [0.4, 0.5) is 11.4 Å². The highest BCUT2D eigenvalue weighted by molar-refractivity contribution is 7.99. The molecule has 1 aromatic heterocycles. The van der Waals surface area contributed by atoms with Crippen molar-refractivity contribution in [3.8, 4) is 0 Å². The lowest BCUT2D eigenvalue weighted by Crippen LogP contribution is -2.14. The Labute approximate surface area is 176 Å². The molecule has 0 saturated heterocycles. The van der Waals surface area contributed by atoms with E-state index in [-0.39, 0.29) is 17.3 Å². The number of nitro benzene ring substituents is 1. The van der Waals surface area contributed by atoms with Crippen molar-refractivity contribution in [2.45, 2.75) is 11.6 Å². The summed E-state index contributed by atoms with van der Waals surface area (Å²) in [5.41, 5.74) is 4.25. The molecule has 0 aliphatic rings. The molecule has 0 unspecified atom stereocenters. The highest BCUT2D eigenvalue weighted by atomic mass is 32.2. The maximum absolute atomic E-state index is 12.4. The molecule has 0 bridgehead atoms. The Kier molecular flexibility index (Phi) is 5.76. The van der Waals surface area contributed by atoms with Crippen LogP contribution in [0, 0.1) is 10.1 Å². The van der Waals surface area contributed by atoms with E-state index < -0.39 is 4.92 Å². The highest BCUT2D eigenvalue weighted by Gasteiger charge is 2.11. The lowest BCUT2D eigenvalue weighted by molar-refractivity contribution is -0.384. The number of amides is 1. The molecule has 2 N–H and O–H groups in total. The third kappa shape index (κ3) is 4.84. The van der Waals surface area contributed by atoms with E-state index in [2.05, 4.69) is 27.4 Å². The van der Waals surface area contributed by atoms with Gasteiger partial charge in [0.05, 0.1) is 21.7 Å². The number of non-ortho nitro benzene ring substituents is 1. The van der Waals surface area contributed by atoms with Crippen LogP contribution in [0.15, 0.2) is 78.0 Å². The van der Waals surface area contributed by atoms with Gasteiger partial charge in [0.25, 0.3) is 5.69 Å². The molecular formula is C22H18N4O3S. The van der Waals surface area contributed by atoms with Gasteiger partial charge in [0, 0.05) is 17.8 Å². The van der Waals surface area contributed by atoms with Crippen LogP contribution in [-0.4, -0.2) is 26.6 Å². The number of aromatic nitrogens is 2. The van der Waals surface area contributed by atoms with Gasteiger partial charge >= 0.3 is 0 Å². The van der Waals surface area contributed by atoms with Crippen LogP contribution >= 0.6 is 11.8 Å². The maximum Gasteiger partial charge on any atom is 0.271 e. The second-order valence-corrected chi connectivity index (χ2v) is 7.66. The normalized spacial score (nSPS) is 10.8. The van der Waals surface area contributed by atoms with Crippen LogP contribution in [0.1, 0.15) is 11.1 Å². The lowest BCUT2D eigenvalue weighted by Gasteiger charge is -2.07. The smallest absolute Gasteiger partial charge is 0.271 e. The number of carbonyl (C=O) groups is 1. The van der Waals surface area contributed by atoms with Gasteiger partial charge in [-0.05, 0) is 35.7 Å². The second-order valence-electron chi connectivity index (χ2n) is 6.70. The Morgan fingerprint density at radius 3 is 2.63 bits per heavy atom. The summed E-state index contributed by atoms with van der Waals surface area (Å²) in [4.78, 5) is 30.2. The summed E-state index contributed by atoms with van der Waals surface area (Å²) in [6, 6.07) is 22.4. The van der Waals surface area contributed by atoms with Crippen LogP contribution in [-0.2, 0) is 11.2 Å². The number of carbonyl (C=O) groups excluding carboxylic acids is 1. The third-order valence-electron chi connectivity index (χ3n) is 4.46. The zero-order valence-electron chi connectivity index (χ0n) is 15.9. The van der Waals surface area contributed by atoms with E-state index in [4.69, 9.17) is 0 Å². The zero-order valence-corrected chi connectivity index (χ0v) is 16.7. The summed E-state index contributed by atoms with van der Waals surface area (Å²) in [7, 11) is 0. The molecule has 30 heavy (non-hydrogen) atoms. The fourth-order valence-electron chi connectivity index (χ4n) is 3.07. The van der Waals surface area contributed by atoms with E-state index in [9.17, 15) is 14.9 Å². The lowest BCUT2D eigenvalue weighted by atomic mass is 10.0. The van der Waals surface area contributed by atoms with Gasteiger partial charge in [-0.3, -0.25) is 14.9 Å². The predicted octanol–water partition coefficient (Wildman–Crippen LogP) is 4.79. The molecule has 0 atom stereocenters. The minimum absolute atomic E-state index is 0.0151. The molecule has 4 rings (SSSR count). The maximum atomic E-state index is 12.4. The van der Waals surface area contributed by atoms with Gasteiger partial charge < -0.3 is 10.3 Å². The molecule has 0 aliphatic carbocycles. The molecule has 3 aromatic carbocycles. The number of aromatic amines is 1. The van der Waals surface area contributed by atoms with E-state index in [1.807, 2.05) is 42.5 Å². The number of rotatable bonds is 7. The SMILES string of the molecule is O=C(CSc1nc2cc([N+](=O)[O-])ccc2[nH]1)Nc1cccc(Cc2ccccc2)c1. The minimum atomic E-state index is -0.458. The Morgan fingerprint density at radius 2 is 1.83 bits per heavy atom. The van der Waals surface area contributed by atoms with E-state index in [0.717, 1.165) is 17.7 Å². The van der Waals surface area contributed by atoms with Crippen molar-refractivity contribution in [2.24, 2.45) is 0 Å². The molecular weight excluding hydrogens is 400 g/mol. The first-order valence-corrected chi connectivity index (χ1v) is 10.2. The third-order valence-corrected chi connectivity index (χ3v) is 5.33. The van der Waals surface area contributed by atoms with Gasteiger partial charge in [-0.2, -0.15) is 0 Å². The Balaban J connectivity index is 1.36. The molecule has 150 valence electrons. The molecule has 7 nitrogen and oxygen atoms in total. The largest absolute Gasteiger partial charge is 0.333 e. The van der Waals surface area contributed by atoms with Gasteiger partial charge in [-0.15, -0.1) is 0 Å². The number of imidazole rings is 1. The fraction of sp³-hybridized carbons (Fsp3) is 0.0909. The average Bonchev–Trinajstić information content (AvgIpc) is 3.15. The van der Waals surface area contributed by atoms with Crippen molar-refractivity contribution in [1.29, 1.82) is 0 Å².